The lowest BCUT2D eigenvalue weighted by molar-refractivity contribution is 0.0929. The first kappa shape index (κ1) is 15.8. The van der Waals surface area contributed by atoms with Crippen molar-refractivity contribution < 1.29 is 9.53 Å². The van der Waals surface area contributed by atoms with E-state index in [4.69, 9.17) is 4.74 Å². The van der Waals surface area contributed by atoms with Crippen LogP contribution >= 0.6 is 23.7 Å². The van der Waals surface area contributed by atoms with Crippen LogP contribution in [0.15, 0.2) is 6.07 Å². The fraction of sp³-hybridized carbons (Fsp3) is 0.643. The van der Waals surface area contributed by atoms with E-state index in [1.807, 2.05) is 6.07 Å². The molecule has 3 rings (SSSR count). The highest BCUT2D eigenvalue weighted by Gasteiger charge is 2.22. The van der Waals surface area contributed by atoms with E-state index in [1.54, 1.807) is 11.3 Å². The molecule has 1 aromatic rings. The lowest BCUT2D eigenvalue weighted by Gasteiger charge is -2.28. The fourth-order valence-electron chi connectivity index (χ4n) is 2.78. The lowest BCUT2D eigenvalue weighted by atomic mass is 10.0. The molecule has 2 atom stereocenters. The molecule has 2 aliphatic rings. The smallest absolute Gasteiger partial charge is 0.261 e. The molecule has 112 valence electrons. The summed E-state index contributed by atoms with van der Waals surface area (Å²) in [5.41, 5.74) is 1.19. The first-order chi connectivity index (χ1) is 9.22. The van der Waals surface area contributed by atoms with Crippen LogP contribution in [0.1, 0.15) is 39.9 Å². The maximum absolute atomic E-state index is 12.3. The highest BCUT2D eigenvalue weighted by molar-refractivity contribution is 7.14. The second-order valence-corrected chi connectivity index (χ2v) is 6.55. The molecule has 1 fully saturated rings. The Balaban J connectivity index is 0.00000147. The van der Waals surface area contributed by atoms with E-state index in [2.05, 4.69) is 17.6 Å². The second kappa shape index (κ2) is 6.89. The number of hydrogen-bond acceptors (Lipinski definition) is 4. The zero-order valence-electron chi connectivity index (χ0n) is 11.6. The van der Waals surface area contributed by atoms with Crippen molar-refractivity contribution in [2.75, 3.05) is 13.2 Å². The predicted molar refractivity (Wildman–Crippen MR) is 82.9 cm³/mol. The number of piperidine rings is 1. The fourth-order valence-corrected chi connectivity index (χ4v) is 3.83. The van der Waals surface area contributed by atoms with Crippen LogP contribution in [0.2, 0.25) is 0 Å². The number of nitrogens with one attached hydrogen (secondary N) is 2. The standard InChI is InChI=1S/C14H20N2O2S.ClH/c1-9-6-11(2-4-15-9)16-14(17)13-7-10-8-18-5-3-12(10)19-13;/h7,9,11,15H,2-6,8H2,1H3,(H,16,17);1H. The Morgan fingerprint density at radius 3 is 3.15 bits per heavy atom. The van der Waals surface area contributed by atoms with Gasteiger partial charge in [-0.05, 0) is 37.9 Å². The molecule has 0 bridgehead atoms. The van der Waals surface area contributed by atoms with Crippen LogP contribution in [0.4, 0.5) is 0 Å². The number of thiophene rings is 1. The summed E-state index contributed by atoms with van der Waals surface area (Å²) in [4.78, 5) is 14.4. The SMILES string of the molecule is CC1CC(NC(=O)c2cc3c(s2)CCOC3)CCN1.Cl. The Morgan fingerprint density at radius 1 is 1.55 bits per heavy atom. The van der Waals surface area contributed by atoms with Gasteiger partial charge in [0.1, 0.15) is 0 Å². The highest BCUT2D eigenvalue weighted by atomic mass is 35.5. The van der Waals surface area contributed by atoms with Gasteiger partial charge in [-0.15, -0.1) is 23.7 Å². The van der Waals surface area contributed by atoms with Gasteiger partial charge >= 0.3 is 0 Å². The molecule has 6 heteroatoms. The minimum Gasteiger partial charge on any atom is -0.376 e. The molecule has 20 heavy (non-hydrogen) atoms. The van der Waals surface area contributed by atoms with E-state index in [9.17, 15) is 4.79 Å². The lowest BCUT2D eigenvalue weighted by Crippen LogP contribution is -2.46. The first-order valence-corrected chi connectivity index (χ1v) is 7.77. The average Bonchev–Trinajstić information content (AvgIpc) is 2.82. The Labute approximate surface area is 129 Å². The largest absolute Gasteiger partial charge is 0.376 e. The summed E-state index contributed by atoms with van der Waals surface area (Å²) in [5, 5.41) is 6.56. The summed E-state index contributed by atoms with van der Waals surface area (Å²) in [6.07, 6.45) is 2.97. The van der Waals surface area contributed by atoms with Gasteiger partial charge in [-0.25, -0.2) is 0 Å². The van der Waals surface area contributed by atoms with E-state index in [0.717, 1.165) is 37.3 Å². The molecular weight excluding hydrogens is 296 g/mol. The van der Waals surface area contributed by atoms with Gasteiger partial charge in [0.25, 0.3) is 5.91 Å². The zero-order valence-corrected chi connectivity index (χ0v) is 13.2. The quantitative estimate of drug-likeness (QED) is 0.878. The van der Waals surface area contributed by atoms with Gasteiger partial charge in [0.15, 0.2) is 0 Å². The maximum Gasteiger partial charge on any atom is 0.261 e. The number of amides is 1. The molecule has 4 nitrogen and oxygen atoms in total. The molecule has 2 aliphatic heterocycles. The van der Waals surface area contributed by atoms with Gasteiger partial charge < -0.3 is 15.4 Å². The molecule has 2 unspecified atom stereocenters. The minimum absolute atomic E-state index is 0. The van der Waals surface area contributed by atoms with E-state index in [1.165, 1.54) is 10.4 Å². The Morgan fingerprint density at radius 2 is 2.40 bits per heavy atom. The van der Waals surface area contributed by atoms with Crippen molar-refractivity contribution in [3.8, 4) is 0 Å². The molecule has 1 saturated heterocycles. The monoisotopic (exact) mass is 316 g/mol. The van der Waals surface area contributed by atoms with Gasteiger partial charge in [-0.2, -0.15) is 0 Å². The number of fused-ring (bicyclic) bond motifs is 1. The van der Waals surface area contributed by atoms with Gasteiger partial charge in [0.05, 0.1) is 18.1 Å². The summed E-state index contributed by atoms with van der Waals surface area (Å²) in [7, 11) is 0. The van der Waals surface area contributed by atoms with Crippen molar-refractivity contribution in [2.24, 2.45) is 0 Å². The van der Waals surface area contributed by atoms with Crippen molar-refractivity contribution >= 4 is 29.7 Å². The highest BCUT2D eigenvalue weighted by Crippen LogP contribution is 2.27. The Hall–Kier alpha value is -0.620. The summed E-state index contributed by atoms with van der Waals surface area (Å²) < 4.78 is 5.42. The Kier molecular flexibility index (Phi) is 5.43. The molecular formula is C14H21ClN2O2S. The maximum atomic E-state index is 12.3. The number of ether oxygens (including phenoxy) is 1. The van der Waals surface area contributed by atoms with Crippen molar-refractivity contribution in [1.29, 1.82) is 0 Å². The third-order valence-corrected chi connectivity index (χ3v) is 5.05. The van der Waals surface area contributed by atoms with Gasteiger partial charge in [0, 0.05) is 23.4 Å². The van der Waals surface area contributed by atoms with E-state index in [-0.39, 0.29) is 18.3 Å². The van der Waals surface area contributed by atoms with Gasteiger partial charge in [-0.3, -0.25) is 4.79 Å². The van der Waals surface area contributed by atoms with Gasteiger partial charge in [-0.1, -0.05) is 0 Å². The number of carbonyl (C=O) groups is 1. The third-order valence-electron chi connectivity index (χ3n) is 3.81. The normalized spacial score (nSPS) is 25.4. The summed E-state index contributed by atoms with van der Waals surface area (Å²) in [6, 6.07) is 2.79. The summed E-state index contributed by atoms with van der Waals surface area (Å²) in [6.45, 7) is 4.59. The van der Waals surface area contributed by atoms with Crippen molar-refractivity contribution in [3.05, 3.63) is 21.4 Å². The molecule has 1 aromatic heterocycles. The molecule has 0 radical (unpaired) electrons. The molecule has 1 amide bonds. The van der Waals surface area contributed by atoms with Crippen LogP contribution in [-0.2, 0) is 17.8 Å². The second-order valence-electron chi connectivity index (χ2n) is 5.41. The van der Waals surface area contributed by atoms with Crippen LogP contribution in [0.3, 0.4) is 0 Å². The van der Waals surface area contributed by atoms with Gasteiger partial charge in [0.2, 0.25) is 0 Å². The number of rotatable bonds is 2. The predicted octanol–water partition coefficient (Wildman–Crippen LogP) is 2.11. The molecule has 3 heterocycles. The van der Waals surface area contributed by atoms with Crippen LogP contribution in [0.5, 0.6) is 0 Å². The number of halogens is 1. The zero-order chi connectivity index (χ0) is 13.2. The topological polar surface area (TPSA) is 50.4 Å². The molecule has 0 aliphatic carbocycles. The van der Waals surface area contributed by atoms with Crippen LogP contribution < -0.4 is 10.6 Å². The molecule has 2 N–H and O–H groups in total. The third kappa shape index (κ3) is 3.52. The summed E-state index contributed by atoms with van der Waals surface area (Å²) >= 11 is 1.63. The first-order valence-electron chi connectivity index (χ1n) is 6.96. The van der Waals surface area contributed by atoms with Crippen molar-refractivity contribution in [2.45, 2.75) is 44.9 Å². The molecule has 0 saturated carbocycles. The minimum atomic E-state index is 0. The van der Waals surface area contributed by atoms with Crippen molar-refractivity contribution in [3.63, 3.8) is 0 Å². The molecule has 0 spiro atoms. The van der Waals surface area contributed by atoms with E-state index < -0.39 is 0 Å². The number of hydrogen-bond donors (Lipinski definition) is 2. The van der Waals surface area contributed by atoms with Crippen LogP contribution in [-0.4, -0.2) is 31.1 Å². The summed E-state index contributed by atoms with van der Waals surface area (Å²) in [5.74, 6) is 0.0819. The van der Waals surface area contributed by atoms with E-state index in [0.29, 0.717) is 18.7 Å². The number of carbonyl (C=O) groups excluding carboxylic acids is 1. The van der Waals surface area contributed by atoms with Crippen LogP contribution in [0, 0.1) is 0 Å². The van der Waals surface area contributed by atoms with Crippen LogP contribution in [0.25, 0.3) is 0 Å². The average molecular weight is 317 g/mol. The molecule has 0 aromatic carbocycles. The van der Waals surface area contributed by atoms with Crippen molar-refractivity contribution in [1.82, 2.24) is 10.6 Å². The Bertz CT molecular complexity index is 454. The van der Waals surface area contributed by atoms with E-state index >= 15 is 0 Å².